The largest absolute Gasteiger partial charge is 0.376 e. The molecule has 1 heterocycles. The van der Waals surface area contributed by atoms with Crippen LogP contribution >= 0.6 is 11.6 Å². The summed E-state index contributed by atoms with van der Waals surface area (Å²) in [5.41, 5.74) is 2.93. The summed E-state index contributed by atoms with van der Waals surface area (Å²) >= 11 is 6.16. The summed E-state index contributed by atoms with van der Waals surface area (Å²) in [6.45, 7) is 7.52. The number of hydrogen-bond donors (Lipinski definition) is 1. The van der Waals surface area contributed by atoms with E-state index in [9.17, 15) is 0 Å². The lowest BCUT2D eigenvalue weighted by atomic mass is 9.85. The van der Waals surface area contributed by atoms with Crippen LogP contribution in [0.2, 0.25) is 5.02 Å². The molecule has 3 rings (SSSR count). The summed E-state index contributed by atoms with van der Waals surface area (Å²) < 4.78 is 11.2. The van der Waals surface area contributed by atoms with Crippen LogP contribution in [0.5, 0.6) is 0 Å². The molecule has 0 bridgehead atoms. The SMILES string of the molecule is CC1(C)Cc2ccc(Cl)cc2C1NCC1COCCO1. The number of rotatable bonds is 3. The van der Waals surface area contributed by atoms with Crippen LogP contribution in [0.4, 0.5) is 0 Å². The summed E-state index contributed by atoms with van der Waals surface area (Å²) in [7, 11) is 0. The fourth-order valence-corrected chi connectivity index (χ4v) is 3.48. The van der Waals surface area contributed by atoms with Crippen molar-refractivity contribution in [1.29, 1.82) is 0 Å². The van der Waals surface area contributed by atoms with Crippen molar-refractivity contribution >= 4 is 11.6 Å². The van der Waals surface area contributed by atoms with E-state index in [1.54, 1.807) is 0 Å². The normalized spacial score (nSPS) is 28.4. The average molecular weight is 296 g/mol. The summed E-state index contributed by atoms with van der Waals surface area (Å²) in [5, 5.41) is 4.47. The van der Waals surface area contributed by atoms with Crippen LogP contribution in [-0.2, 0) is 15.9 Å². The van der Waals surface area contributed by atoms with Gasteiger partial charge in [-0.1, -0.05) is 31.5 Å². The molecule has 1 aromatic rings. The highest BCUT2D eigenvalue weighted by Crippen LogP contribution is 2.45. The van der Waals surface area contributed by atoms with Crippen molar-refractivity contribution in [3.8, 4) is 0 Å². The minimum Gasteiger partial charge on any atom is -0.376 e. The second-order valence-corrected chi connectivity index (χ2v) is 6.85. The smallest absolute Gasteiger partial charge is 0.0933 e. The predicted octanol–water partition coefficient (Wildman–Crippen LogP) is 2.97. The van der Waals surface area contributed by atoms with Crippen LogP contribution in [0.25, 0.3) is 0 Å². The molecular weight excluding hydrogens is 274 g/mol. The van der Waals surface area contributed by atoms with E-state index >= 15 is 0 Å². The van der Waals surface area contributed by atoms with Gasteiger partial charge in [0.25, 0.3) is 0 Å². The molecule has 1 aliphatic heterocycles. The molecule has 4 heteroatoms. The average Bonchev–Trinajstić information content (AvgIpc) is 2.67. The Kier molecular flexibility index (Phi) is 4.04. The standard InChI is InChI=1S/C16H22ClNO2/c1-16(2)8-11-3-4-12(17)7-14(11)15(16)18-9-13-10-19-5-6-20-13/h3-4,7,13,15,18H,5-6,8-10H2,1-2H3. The molecule has 2 aliphatic rings. The van der Waals surface area contributed by atoms with E-state index in [0.717, 1.165) is 18.0 Å². The van der Waals surface area contributed by atoms with E-state index in [2.05, 4.69) is 31.3 Å². The zero-order valence-electron chi connectivity index (χ0n) is 12.1. The molecule has 1 N–H and O–H groups in total. The quantitative estimate of drug-likeness (QED) is 0.930. The van der Waals surface area contributed by atoms with E-state index < -0.39 is 0 Å². The molecule has 3 nitrogen and oxygen atoms in total. The van der Waals surface area contributed by atoms with Gasteiger partial charge in [0, 0.05) is 17.6 Å². The summed E-state index contributed by atoms with van der Waals surface area (Å²) in [6, 6.07) is 6.56. The van der Waals surface area contributed by atoms with Crippen molar-refractivity contribution in [2.45, 2.75) is 32.4 Å². The molecule has 1 aromatic carbocycles. The van der Waals surface area contributed by atoms with E-state index in [0.29, 0.717) is 25.9 Å². The molecule has 2 unspecified atom stereocenters. The summed E-state index contributed by atoms with van der Waals surface area (Å²) in [6.07, 6.45) is 1.24. The van der Waals surface area contributed by atoms with Crippen LogP contribution in [0, 0.1) is 5.41 Å². The van der Waals surface area contributed by atoms with Gasteiger partial charge in [-0.05, 0) is 35.1 Å². The maximum atomic E-state index is 6.16. The number of halogens is 1. The molecule has 1 fully saturated rings. The molecule has 2 atom stereocenters. The predicted molar refractivity (Wildman–Crippen MR) is 80.2 cm³/mol. The van der Waals surface area contributed by atoms with Crippen molar-refractivity contribution in [2.75, 3.05) is 26.4 Å². The third kappa shape index (κ3) is 2.86. The fraction of sp³-hybridized carbons (Fsp3) is 0.625. The molecule has 1 saturated heterocycles. The highest BCUT2D eigenvalue weighted by molar-refractivity contribution is 6.30. The van der Waals surface area contributed by atoms with Gasteiger partial charge in [0.2, 0.25) is 0 Å². The second kappa shape index (κ2) is 5.64. The monoisotopic (exact) mass is 295 g/mol. The lowest BCUT2D eigenvalue weighted by Crippen LogP contribution is -2.41. The van der Waals surface area contributed by atoms with Gasteiger partial charge in [0.05, 0.1) is 25.9 Å². The van der Waals surface area contributed by atoms with E-state index in [1.165, 1.54) is 11.1 Å². The Morgan fingerprint density at radius 2 is 2.20 bits per heavy atom. The fourth-order valence-electron chi connectivity index (χ4n) is 3.30. The minimum absolute atomic E-state index is 0.155. The van der Waals surface area contributed by atoms with E-state index in [-0.39, 0.29) is 11.5 Å². The molecule has 0 aromatic heterocycles. The first-order chi connectivity index (χ1) is 9.56. The van der Waals surface area contributed by atoms with Crippen molar-refractivity contribution in [3.05, 3.63) is 34.3 Å². The van der Waals surface area contributed by atoms with Crippen molar-refractivity contribution in [1.82, 2.24) is 5.32 Å². The first-order valence-electron chi connectivity index (χ1n) is 7.27. The van der Waals surface area contributed by atoms with Gasteiger partial charge in [-0.3, -0.25) is 0 Å². The molecule has 0 saturated carbocycles. The van der Waals surface area contributed by atoms with Gasteiger partial charge in [0.15, 0.2) is 0 Å². The molecule has 0 spiro atoms. The number of hydrogen-bond acceptors (Lipinski definition) is 3. The lowest BCUT2D eigenvalue weighted by Gasteiger charge is -2.31. The molecule has 110 valence electrons. The number of benzene rings is 1. The van der Waals surface area contributed by atoms with Gasteiger partial charge in [-0.25, -0.2) is 0 Å². The van der Waals surface area contributed by atoms with E-state index in [4.69, 9.17) is 21.1 Å². The Morgan fingerprint density at radius 1 is 1.35 bits per heavy atom. The van der Waals surface area contributed by atoms with Crippen LogP contribution in [0.15, 0.2) is 18.2 Å². The van der Waals surface area contributed by atoms with Gasteiger partial charge in [0.1, 0.15) is 0 Å². The first kappa shape index (κ1) is 14.3. The maximum absolute atomic E-state index is 6.16. The highest BCUT2D eigenvalue weighted by atomic mass is 35.5. The van der Waals surface area contributed by atoms with Gasteiger partial charge < -0.3 is 14.8 Å². The number of nitrogens with one attached hydrogen (secondary N) is 1. The van der Waals surface area contributed by atoms with Crippen molar-refractivity contribution in [3.63, 3.8) is 0 Å². The Labute approximate surface area is 125 Å². The summed E-state index contributed by atoms with van der Waals surface area (Å²) in [5.74, 6) is 0. The van der Waals surface area contributed by atoms with Crippen LogP contribution in [-0.4, -0.2) is 32.5 Å². The second-order valence-electron chi connectivity index (χ2n) is 6.42. The molecule has 1 aliphatic carbocycles. The number of fused-ring (bicyclic) bond motifs is 1. The molecule has 20 heavy (non-hydrogen) atoms. The Hall–Kier alpha value is -0.610. The minimum atomic E-state index is 0.155. The van der Waals surface area contributed by atoms with Crippen molar-refractivity contribution < 1.29 is 9.47 Å². The highest BCUT2D eigenvalue weighted by Gasteiger charge is 2.39. The topological polar surface area (TPSA) is 30.5 Å². The van der Waals surface area contributed by atoms with E-state index in [1.807, 2.05) is 6.07 Å². The van der Waals surface area contributed by atoms with Gasteiger partial charge in [-0.15, -0.1) is 0 Å². The zero-order valence-corrected chi connectivity index (χ0v) is 12.9. The van der Waals surface area contributed by atoms with Crippen LogP contribution < -0.4 is 5.32 Å². The Bertz CT molecular complexity index is 483. The number of ether oxygens (including phenoxy) is 2. The third-order valence-electron chi connectivity index (χ3n) is 4.28. The van der Waals surface area contributed by atoms with Gasteiger partial charge in [-0.2, -0.15) is 0 Å². The maximum Gasteiger partial charge on any atom is 0.0933 e. The van der Waals surface area contributed by atoms with Crippen LogP contribution in [0.1, 0.15) is 31.0 Å². The lowest BCUT2D eigenvalue weighted by molar-refractivity contribution is -0.0879. The van der Waals surface area contributed by atoms with Crippen LogP contribution in [0.3, 0.4) is 0 Å². The Morgan fingerprint density at radius 3 is 2.95 bits per heavy atom. The van der Waals surface area contributed by atoms with Gasteiger partial charge >= 0.3 is 0 Å². The molecule has 0 amide bonds. The first-order valence-corrected chi connectivity index (χ1v) is 7.65. The van der Waals surface area contributed by atoms with Crippen molar-refractivity contribution in [2.24, 2.45) is 5.41 Å². The zero-order chi connectivity index (χ0) is 14.2. The Balaban J connectivity index is 1.72. The molecule has 0 radical (unpaired) electrons. The third-order valence-corrected chi connectivity index (χ3v) is 4.52. The molecular formula is C16H22ClNO2. The summed E-state index contributed by atoms with van der Waals surface area (Å²) in [4.78, 5) is 0.